The van der Waals surface area contributed by atoms with Crippen molar-refractivity contribution in [2.75, 3.05) is 11.1 Å². The summed E-state index contributed by atoms with van der Waals surface area (Å²) < 4.78 is 49.8. The van der Waals surface area contributed by atoms with E-state index in [1.807, 2.05) is 30.3 Å². The molecule has 4 aromatic rings. The first-order valence-electron chi connectivity index (χ1n) is 10.9. The third kappa shape index (κ3) is 6.95. The second kappa shape index (κ2) is 11.6. The predicted molar refractivity (Wildman–Crippen MR) is 134 cm³/mol. The van der Waals surface area contributed by atoms with Crippen molar-refractivity contribution in [1.29, 1.82) is 0 Å². The number of thioether (sulfide) groups is 1. The third-order valence-electron chi connectivity index (χ3n) is 4.90. The number of halogens is 4. The lowest BCUT2D eigenvalue weighted by Gasteiger charge is -2.17. The number of hydrogen-bond acceptors (Lipinski definition) is 6. The van der Waals surface area contributed by atoms with Gasteiger partial charge >= 0.3 is 6.36 Å². The van der Waals surface area contributed by atoms with Crippen LogP contribution in [0.15, 0.2) is 84.0 Å². The quantitative estimate of drug-likeness (QED) is 0.235. The highest BCUT2D eigenvalue weighted by molar-refractivity contribution is 7.99. The monoisotopic (exact) mass is 548 g/mol. The van der Waals surface area contributed by atoms with E-state index in [1.54, 1.807) is 35.8 Å². The van der Waals surface area contributed by atoms with Crippen LogP contribution in [0.3, 0.4) is 0 Å². The molecule has 0 fully saturated rings. The molecule has 3 aromatic carbocycles. The van der Waals surface area contributed by atoms with Crippen LogP contribution in [-0.2, 0) is 4.79 Å². The zero-order valence-corrected chi connectivity index (χ0v) is 20.8. The first-order valence-corrected chi connectivity index (χ1v) is 12.3. The van der Waals surface area contributed by atoms with Crippen LogP contribution in [0.1, 0.15) is 18.9 Å². The lowest BCUT2D eigenvalue weighted by molar-refractivity contribution is -0.274. The number of rotatable bonds is 9. The summed E-state index contributed by atoms with van der Waals surface area (Å²) in [5, 5.41) is 11.8. The molecule has 0 saturated carbocycles. The van der Waals surface area contributed by atoms with Gasteiger partial charge in [0.05, 0.1) is 16.5 Å². The van der Waals surface area contributed by atoms with Gasteiger partial charge in [-0.25, -0.2) is 0 Å². The maximum atomic E-state index is 12.7. The van der Waals surface area contributed by atoms with Gasteiger partial charge in [-0.1, -0.05) is 65.8 Å². The molecule has 1 atom stereocenters. The van der Waals surface area contributed by atoms with Crippen molar-refractivity contribution in [3.63, 3.8) is 0 Å². The molecule has 1 amide bonds. The molecule has 1 N–H and O–H groups in total. The van der Waals surface area contributed by atoms with Crippen molar-refractivity contribution in [3.8, 4) is 17.2 Å². The number of anilines is 1. The Morgan fingerprint density at radius 1 is 1.00 bits per heavy atom. The fourth-order valence-corrected chi connectivity index (χ4v) is 4.28. The van der Waals surface area contributed by atoms with Gasteiger partial charge in [0.1, 0.15) is 5.75 Å². The maximum absolute atomic E-state index is 12.7. The molecule has 0 aliphatic carbocycles. The van der Waals surface area contributed by atoms with E-state index in [2.05, 4.69) is 20.3 Å². The molecule has 0 saturated heterocycles. The Bertz CT molecular complexity index is 1370. The van der Waals surface area contributed by atoms with Crippen molar-refractivity contribution in [1.82, 2.24) is 14.8 Å². The lowest BCUT2D eigenvalue weighted by atomic mass is 10.3. The summed E-state index contributed by atoms with van der Waals surface area (Å²) in [6.45, 7) is 1.80. The number of carbonyl (C=O) groups is 1. The molecule has 0 aliphatic heterocycles. The number of alkyl halides is 3. The summed E-state index contributed by atoms with van der Waals surface area (Å²) >= 11 is 7.30. The first kappa shape index (κ1) is 26.4. The molecule has 37 heavy (non-hydrogen) atoms. The van der Waals surface area contributed by atoms with Crippen LogP contribution in [0.2, 0.25) is 5.02 Å². The minimum absolute atomic E-state index is 0.0996. The summed E-state index contributed by atoms with van der Waals surface area (Å²) in [7, 11) is 0. The number of hydrogen-bond donors (Lipinski definition) is 1. The smallest absolute Gasteiger partial charge is 0.481 e. The van der Waals surface area contributed by atoms with Crippen molar-refractivity contribution < 1.29 is 27.4 Å². The van der Waals surface area contributed by atoms with E-state index in [9.17, 15) is 18.0 Å². The number of nitrogens with zero attached hydrogens (tertiary/aromatic N) is 3. The van der Waals surface area contributed by atoms with Crippen LogP contribution >= 0.6 is 23.4 Å². The lowest BCUT2D eigenvalue weighted by Crippen LogP contribution is -2.20. The van der Waals surface area contributed by atoms with Gasteiger partial charge in [0, 0.05) is 5.69 Å². The van der Waals surface area contributed by atoms with Crippen LogP contribution < -0.4 is 14.8 Å². The van der Waals surface area contributed by atoms with Gasteiger partial charge in [-0.05, 0) is 43.3 Å². The highest BCUT2D eigenvalue weighted by Crippen LogP contribution is 2.32. The maximum Gasteiger partial charge on any atom is 0.573 e. The fourth-order valence-electron chi connectivity index (χ4n) is 3.34. The van der Waals surface area contributed by atoms with Crippen molar-refractivity contribution in [2.24, 2.45) is 0 Å². The van der Waals surface area contributed by atoms with Crippen LogP contribution in [0.5, 0.6) is 11.5 Å². The number of nitrogens with one attached hydrogen (secondary N) is 1. The zero-order valence-electron chi connectivity index (χ0n) is 19.3. The first-order chi connectivity index (χ1) is 17.7. The molecule has 192 valence electrons. The van der Waals surface area contributed by atoms with Crippen LogP contribution in [-0.4, -0.2) is 32.8 Å². The largest absolute Gasteiger partial charge is 0.573 e. The van der Waals surface area contributed by atoms with Crippen molar-refractivity contribution in [2.45, 2.75) is 24.5 Å². The molecule has 0 spiro atoms. The van der Waals surface area contributed by atoms with Gasteiger partial charge in [-0.3, -0.25) is 9.36 Å². The second-order valence-corrected chi connectivity index (χ2v) is 8.93. The Morgan fingerprint density at radius 3 is 2.35 bits per heavy atom. The van der Waals surface area contributed by atoms with Crippen LogP contribution in [0.25, 0.3) is 5.69 Å². The van der Waals surface area contributed by atoms with E-state index in [0.717, 1.165) is 23.5 Å². The molecule has 0 radical (unpaired) electrons. The second-order valence-electron chi connectivity index (χ2n) is 7.58. The number of para-hydroxylation sites is 4. The fraction of sp³-hybridized carbons (Fsp3) is 0.160. The van der Waals surface area contributed by atoms with Gasteiger partial charge < -0.3 is 14.8 Å². The summed E-state index contributed by atoms with van der Waals surface area (Å²) in [6, 6.07) is 21.6. The van der Waals surface area contributed by atoms with E-state index in [4.69, 9.17) is 16.3 Å². The predicted octanol–water partition coefficient (Wildman–Crippen LogP) is 6.69. The highest BCUT2D eigenvalue weighted by atomic mass is 35.5. The Kier molecular flexibility index (Phi) is 8.24. The number of aromatic nitrogens is 3. The summed E-state index contributed by atoms with van der Waals surface area (Å²) in [5.41, 5.74) is 0.640. The third-order valence-corrected chi connectivity index (χ3v) is 6.14. The summed E-state index contributed by atoms with van der Waals surface area (Å²) in [6.07, 6.45) is -5.44. The highest BCUT2D eigenvalue weighted by Gasteiger charge is 2.32. The van der Waals surface area contributed by atoms with Crippen LogP contribution in [0, 0.1) is 0 Å². The Balaban J connectivity index is 1.53. The van der Waals surface area contributed by atoms with E-state index in [0.29, 0.717) is 21.8 Å². The molecule has 1 unspecified atom stereocenters. The molecule has 12 heteroatoms. The van der Waals surface area contributed by atoms with Gasteiger partial charge in [0.25, 0.3) is 0 Å². The van der Waals surface area contributed by atoms with Gasteiger partial charge in [0.15, 0.2) is 22.8 Å². The van der Waals surface area contributed by atoms with Gasteiger partial charge in [-0.15, -0.1) is 23.4 Å². The molecule has 1 heterocycles. The van der Waals surface area contributed by atoms with Crippen LogP contribution in [0.4, 0.5) is 18.9 Å². The van der Waals surface area contributed by atoms with Crippen molar-refractivity contribution >= 4 is 35.0 Å². The minimum atomic E-state index is -4.89. The van der Waals surface area contributed by atoms with E-state index < -0.39 is 24.1 Å². The number of benzene rings is 3. The van der Waals surface area contributed by atoms with E-state index >= 15 is 0 Å². The average Bonchev–Trinajstić information content (AvgIpc) is 3.29. The Hall–Kier alpha value is -3.70. The molecule has 7 nitrogen and oxygen atoms in total. The summed E-state index contributed by atoms with van der Waals surface area (Å²) in [5.74, 6) is -0.252. The molecule has 0 bridgehead atoms. The normalized spacial score (nSPS) is 12.1. The Morgan fingerprint density at radius 2 is 1.65 bits per heavy atom. The molecule has 1 aromatic heterocycles. The summed E-state index contributed by atoms with van der Waals surface area (Å²) in [4.78, 5) is 12.6. The van der Waals surface area contributed by atoms with Crippen molar-refractivity contribution in [3.05, 3.63) is 89.7 Å². The Labute approximate surface area is 219 Å². The topological polar surface area (TPSA) is 78.3 Å². The molecule has 4 rings (SSSR count). The zero-order chi connectivity index (χ0) is 26.4. The standard InChI is InChI=1S/C25H20ClF3N4O3S/c1-16(35-20-13-7-5-11-18(20)26)23-31-32-24(33(23)17-9-3-2-4-10-17)37-15-22(34)30-19-12-6-8-14-21(19)36-25(27,28)29/h2-14,16H,15H2,1H3,(H,30,34). The average molecular weight is 549 g/mol. The van der Waals surface area contributed by atoms with E-state index in [1.165, 1.54) is 18.2 Å². The number of ether oxygens (including phenoxy) is 2. The molecule has 0 aliphatic rings. The molecular formula is C25H20ClF3N4O3S. The SMILES string of the molecule is CC(Oc1ccccc1Cl)c1nnc(SCC(=O)Nc2ccccc2OC(F)(F)F)n1-c1ccccc1. The van der Waals surface area contributed by atoms with E-state index in [-0.39, 0.29) is 11.4 Å². The van der Waals surface area contributed by atoms with Gasteiger partial charge in [0.2, 0.25) is 5.91 Å². The number of amides is 1. The van der Waals surface area contributed by atoms with Gasteiger partial charge in [-0.2, -0.15) is 0 Å². The minimum Gasteiger partial charge on any atom is -0.481 e. The number of carbonyl (C=O) groups excluding carboxylic acids is 1. The molecular weight excluding hydrogens is 529 g/mol.